The standard InChI is InChI=1S/C12H8BrCl3OS/c1-17-9-3-2-6(14)4-7(9)11(15)10-5-8(13)12(16)18-10/h2-5,11H,1H3. The molecular weight excluding hydrogens is 378 g/mol. The first-order valence-electron chi connectivity index (χ1n) is 4.95. The van der Waals surface area contributed by atoms with Crippen LogP contribution < -0.4 is 4.74 Å². The summed E-state index contributed by atoms with van der Waals surface area (Å²) in [6.45, 7) is 0. The molecule has 1 aromatic carbocycles. The zero-order valence-electron chi connectivity index (χ0n) is 9.22. The molecule has 96 valence electrons. The molecule has 6 heteroatoms. The molecule has 0 aliphatic heterocycles. The fourth-order valence-electron chi connectivity index (χ4n) is 1.54. The molecule has 0 aliphatic carbocycles. The summed E-state index contributed by atoms with van der Waals surface area (Å²) in [6.07, 6.45) is 0. The number of alkyl halides is 1. The van der Waals surface area contributed by atoms with E-state index < -0.39 is 0 Å². The Labute approximate surface area is 133 Å². The van der Waals surface area contributed by atoms with E-state index in [0.29, 0.717) is 15.1 Å². The van der Waals surface area contributed by atoms with Gasteiger partial charge < -0.3 is 4.74 Å². The van der Waals surface area contributed by atoms with Crippen LogP contribution in [0.5, 0.6) is 5.75 Å². The summed E-state index contributed by atoms with van der Waals surface area (Å²) < 4.78 is 6.82. The molecule has 0 aliphatic rings. The van der Waals surface area contributed by atoms with Crippen LogP contribution >= 0.6 is 62.1 Å². The van der Waals surface area contributed by atoms with E-state index >= 15 is 0 Å². The Morgan fingerprint density at radius 3 is 2.56 bits per heavy atom. The van der Waals surface area contributed by atoms with Crippen molar-refractivity contribution in [2.45, 2.75) is 5.38 Å². The number of thiophene rings is 1. The van der Waals surface area contributed by atoms with E-state index in [0.717, 1.165) is 14.9 Å². The molecule has 0 bridgehead atoms. The fourth-order valence-corrected chi connectivity index (χ4v) is 3.83. The Hall–Kier alpha value is 0.0700. The predicted molar refractivity (Wildman–Crippen MR) is 82.7 cm³/mol. The zero-order valence-corrected chi connectivity index (χ0v) is 13.9. The molecule has 0 amide bonds. The fraction of sp³-hybridized carbons (Fsp3) is 0.167. The third kappa shape index (κ3) is 2.97. The number of benzene rings is 1. The van der Waals surface area contributed by atoms with Crippen LogP contribution in [0.4, 0.5) is 0 Å². The molecule has 1 unspecified atom stereocenters. The lowest BCUT2D eigenvalue weighted by Crippen LogP contribution is -1.95. The van der Waals surface area contributed by atoms with Crippen LogP contribution in [0, 0.1) is 0 Å². The van der Waals surface area contributed by atoms with Gasteiger partial charge in [0.05, 0.1) is 12.5 Å². The highest BCUT2D eigenvalue weighted by atomic mass is 79.9. The maximum Gasteiger partial charge on any atom is 0.124 e. The van der Waals surface area contributed by atoms with Crippen LogP contribution in [0.25, 0.3) is 0 Å². The second-order valence-electron chi connectivity index (χ2n) is 3.52. The lowest BCUT2D eigenvalue weighted by molar-refractivity contribution is 0.410. The van der Waals surface area contributed by atoms with E-state index in [1.807, 2.05) is 6.07 Å². The summed E-state index contributed by atoms with van der Waals surface area (Å²) in [5.41, 5.74) is 0.831. The second-order valence-corrected chi connectivity index (χ2v) is 6.93. The van der Waals surface area contributed by atoms with Crippen molar-refractivity contribution < 1.29 is 4.74 Å². The molecule has 1 aromatic heterocycles. The van der Waals surface area contributed by atoms with E-state index in [4.69, 9.17) is 39.5 Å². The molecule has 0 fully saturated rings. The van der Waals surface area contributed by atoms with Crippen molar-refractivity contribution in [1.29, 1.82) is 0 Å². The second kappa shape index (κ2) is 6.02. The minimum Gasteiger partial charge on any atom is -0.496 e. The van der Waals surface area contributed by atoms with Gasteiger partial charge in [-0.1, -0.05) is 23.2 Å². The largest absolute Gasteiger partial charge is 0.496 e. The topological polar surface area (TPSA) is 9.23 Å². The number of hydrogen-bond acceptors (Lipinski definition) is 2. The van der Waals surface area contributed by atoms with Crippen molar-refractivity contribution in [2.24, 2.45) is 0 Å². The zero-order chi connectivity index (χ0) is 13.3. The average molecular weight is 387 g/mol. The van der Waals surface area contributed by atoms with Crippen LogP contribution in [0.15, 0.2) is 28.7 Å². The molecule has 0 spiro atoms. The molecule has 1 nitrogen and oxygen atoms in total. The Morgan fingerprint density at radius 2 is 2.00 bits per heavy atom. The van der Waals surface area contributed by atoms with Gasteiger partial charge in [-0.05, 0) is 40.2 Å². The summed E-state index contributed by atoms with van der Waals surface area (Å²) in [5.74, 6) is 0.708. The first-order chi connectivity index (χ1) is 8.52. The molecule has 1 atom stereocenters. The summed E-state index contributed by atoms with van der Waals surface area (Å²) >= 11 is 23.3. The minimum absolute atomic E-state index is 0.340. The van der Waals surface area contributed by atoms with Crippen molar-refractivity contribution in [1.82, 2.24) is 0 Å². The number of rotatable bonds is 3. The van der Waals surface area contributed by atoms with Crippen LogP contribution in [-0.2, 0) is 0 Å². The van der Waals surface area contributed by atoms with Crippen molar-refractivity contribution >= 4 is 62.1 Å². The third-order valence-corrected chi connectivity index (χ3v) is 5.75. The third-order valence-electron chi connectivity index (χ3n) is 2.38. The number of methoxy groups -OCH3 is 1. The van der Waals surface area contributed by atoms with Crippen molar-refractivity contribution in [2.75, 3.05) is 7.11 Å². The van der Waals surface area contributed by atoms with Gasteiger partial charge in [0, 0.05) is 19.9 Å². The molecule has 18 heavy (non-hydrogen) atoms. The van der Waals surface area contributed by atoms with Gasteiger partial charge in [-0.25, -0.2) is 0 Å². The normalized spacial score (nSPS) is 12.5. The number of halogens is 4. The predicted octanol–water partition coefficient (Wildman–Crippen LogP) is 6.15. The smallest absolute Gasteiger partial charge is 0.124 e. The van der Waals surface area contributed by atoms with Crippen molar-refractivity contribution in [3.8, 4) is 5.75 Å². The van der Waals surface area contributed by atoms with Gasteiger partial charge in [-0.15, -0.1) is 22.9 Å². The van der Waals surface area contributed by atoms with Gasteiger partial charge in [-0.3, -0.25) is 0 Å². The van der Waals surface area contributed by atoms with Crippen molar-refractivity contribution in [3.05, 3.63) is 48.5 Å². The summed E-state index contributed by atoms with van der Waals surface area (Å²) in [4.78, 5) is 0.939. The van der Waals surface area contributed by atoms with Crippen LogP contribution in [0.1, 0.15) is 15.8 Å². The maximum atomic E-state index is 6.47. The molecular formula is C12H8BrCl3OS. The lowest BCUT2D eigenvalue weighted by atomic mass is 10.1. The van der Waals surface area contributed by atoms with Gasteiger partial charge >= 0.3 is 0 Å². The first-order valence-corrected chi connectivity index (χ1v) is 7.75. The maximum absolute atomic E-state index is 6.47. The Bertz CT molecular complexity index is 551. The number of hydrogen-bond donors (Lipinski definition) is 0. The SMILES string of the molecule is COc1ccc(Cl)cc1C(Cl)c1cc(Br)c(Cl)s1. The van der Waals surface area contributed by atoms with E-state index in [1.165, 1.54) is 11.3 Å². The molecule has 2 rings (SSSR count). The van der Waals surface area contributed by atoms with Gasteiger partial charge in [0.15, 0.2) is 0 Å². The van der Waals surface area contributed by atoms with E-state index in [-0.39, 0.29) is 5.38 Å². The van der Waals surface area contributed by atoms with Gasteiger partial charge in [0.25, 0.3) is 0 Å². The van der Waals surface area contributed by atoms with Crippen LogP contribution in [0.2, 0.25) is 9.36 Å². The van der Waals surface area contributed by atoms with Gasteiger partial charge in [0.2, 0.25) is 0 Å². The molecule has 2 aromatic rings. The molecule has 1 heterocycles. The van der Waals surface area contributed by atoms with E-state index in [1.54, 1.807) is 25.3 Å². The van der Waals surface area contributed by atoms with Crippen LogP contribution in [0.3, 0.4) is 0 Å². The summed E-state index contributed by atoms with van der Waals surface area (Å²) in [7, 11) is 1.60. The minimum atomic E-state index is -0.340. The Balaban J connectivity index is 2.44. The van der Waals surface area contributed by atoms with E-state index in [9.17, 15) is 0 Å². The Morgan fingerprint density at radius 1 is 1.28 bits per heavy atom. The highest BCUT2D eigenvalue weighted by Crippen LogP contribution is 2.43. The summed E-state index contributed by atoms with van der Waals surface area (Å²) in [5, 5.41) is 0.283. The highest BCUT2D eigenvalue weighted by molar-refractivity contribution is 9.10. The van der Waals surface area contributed by atoms with Crippen LogP contribution in [-0.4, -0.2) is 7.11 Å². The molecule has 0 radical (unpaired) electrons. The monoisotopic (exact) mass is 384 g/mol. The average Bonchev–Trinajstić information content (AvgIpc) is 2.68. The van der Waals surface area contributed by atoms with Gasteiger partial charge in [-0.2, -0.15) is 0 Å². The van der Waals surface area contributed by atoms with Gasteiger partial charge in [0.1, 0.15) is 10.1 Å². The number of ether oxygens (including phenoxy) is 1. The first kappa shape index (κ1) is 14.5. The lowest BCUT2D eigenvalue weighted by Gasteiger charge is -2.13. The van der Waals surface area contributed by atoms with E-state index in [2.05, 4.69) is 15.9 Å². The molecule has 0 saturated carbocycles. The Kier molecular flexibility index (Phi) is 4.84. The molecule has 0 N–H and O–H groups in total. The summed E-state index contributed by atoms with van der Waals surface area (Å²) in [6, 6.07) is 7.28. The van der Waals surface area contributed by atoms with Crippen molar-refractivity contribution in [3.63, 3.8) is 0 Å². The highest BCUT2D eigenvalue weighted by Gasteiger charge is 2.19. The molecule has 0 saturated heterocycles. The quantitative estimate of drug-likeness (QED) is 0.575.